The first-order chi connectivity index (χ1) is 6.78. The summed E-state index contributed by atoms with van der Waals surface area (Å²) in [5.74, 6) is 0.112. The van der Waals surface area contributed by atoms with Gasteiger partial charge >= 0.3 is 6.29 Å². The summed E-state index contributed by atoms with van der Waals surface area (Å²) < 4.78 is 33.6. The highest BCUT2D eigenvalue weighted by Crippen LogP contribution is 2.43. The zero-order chi connectivity index (χ0) is 11.3. The van der Waals surface area contributed by atoms with Gasteiger partial charge in [0.15, 0.2) is 11.5 Å². The summed E-state index contributed by atoms with van der Waals surface area (Å²) in [6.07, 6.45) is -3.55. The number of ether oxygens (including phenoxy) is 2. The number of hydrogen-bond donors (Lipinski definition) is 1. The van der Waals surface area contributed by atoms with Gasteiger partial charge in [-0.2, -0.15) is 12.6 Å². The van der Waals surface area contributed by atoms with Gasteiger partial charge in [-0.15, -0.1) is 8.78 Å². The molecular weight excluding hydrogens is 222 g/mol. The van der Waals surface area contributed by atoms with E-state index in [9.17, 15) is 8.78 Å². The fourth-order valence-electron chi connectivity index (χ4n) is 1.33. The van der Waals surface area contributed by atoms with Crippen LogP contribution >= 0.6 is 12.6 Å². The van der Waals surface area contributed by atoms with Crippen LogP contribution in [-0.4, -0.2) is 6.29 Å². The van der Waals surface area contributed by atoms with Crippen molar-refractivity contribution < 1.29 is 18.3 Å². The van der Waals surface area contributed by atoms with Crippen molar-refractivity contribution in [1.29, 1.82) is 0 Å². The van der Waals surface area contributed by atoms with Gasteiger partial charge in [0.2, 0.25) is 0 Å². The molecule has 82 valence electrons. The number of benzene rings is 1. The molecular formula is C10H10F2O2S. The maximum absolute atomic E-state index is 12.7. The second-order valence-electron chi connectivity index (χ2n) is 3.89. The van der Waals surface area contributed by atoms with E-state index in [0.717, 1.165) is 5.56 Å². The van der Waals surface area contributed by atoms with Gasteiger partial charge in [-0.1, -0.05) is 6.07 Å². The summed E-state index contributed by atoms with van der Waals surface area (Å²) in [6, 6.07) is 4.67. The van der Waals surface area contributed by atoms with E-state index in [1.807, 2.05) is 13.8 Å². The highest BCUT2D eigenvalue weighted by molar-refractivity contribution is 7.81. The molecule has 5 heteroatoms. The van der Waals surface area contributed by atoms with E-state index in [4.69, 9.17) is 0 Å². The van der Waals surface area contributed by atoms with E-state index in [0.29, 0.717) is 0 Å². The van der Waals surface area contributed by atoms with Crippen molar-refractivity contribution in [2.45, 2.75) is 24.9 Å². The Bertz CT molecular complexity index is 399. The molecule has 0 unspecified atom stereocenters. The minimum Gasteiger partial charge on any atom is -0.395 e. The molecule has 0 fully saturated rings. The third-order valence-electron chi connectivity index (χ3n) is 2.11. The second kappa shape index (κ2) is 3.01. The van der Waals surface area contributed by atoms with Gasteiger partial charge in [-0.05, 0) is 31.5 Å². The molecule has 1 aromatic rings. The van der Waals surface area contributed by atoms with Gasteiger partial charge in [0, 0.05) is 4.75 Å². The molecule has 0 aromatic heterocycles. The molecule has 0 saturated heterocycles. The van der Waals surface area contributed by atoms with Crippen LogP contribution in [0.25, 0.3) is 0 Å². The van der Waals surface area contributed by atoms with Crippen molar-refractivity contribution in [1.82, 2.24) is 0 Å². The standard InChI is InChI=1S/C10H10F2O2S/c1-9(2,15)6-3-4-7-8(5-6)14-10(11,12)13-7/h3-5,15H,1-2H3. The first-order valence-corrected chi connectivity index (χ1v) is 4.85. The zero-order valence-electron chi connectivity index (χ0n) is 8.25. The number of rotatable bonds is 1. The van der Waals surface area contributed by atoms with E-state index in [2.05, 4.69) is 22.1 Å². The molecule has 1 aromatic carbocycles. The van der Waals surface area contributed by atoms with Gasteiger partial charge in [0.25, 0.3) is 0 Å². The van der Waals surface area contributed by atoms with Crippen LogP contribution in [0.1, 0.15) is 19.4 Å². The predicted molar refractivity (Wildman–Crippen MR) is 54.7 cm³/mol. The van der Waals surface area contributed by atoms with Crippen LogP contribution in [0.2, 0.25) is 0 Å². The average Bonchev–Trinajstić information content (AvgIpc) is 2.34. The Balaban J connectivity index is 2.39. The summed E-state index contributed by atoms with van der Waals surface area (Å²) >= 11 is 4.34. The summed E-state index contributed by atoms with van der Waals surface area (Å²) in [5.41, 5.74) is 0.797. The number of alkyl halides is 2. The Hall–Kier alpha value is -0.970. The Morgan fingerprint density at radius 3 is 2.40 bits per heavy atom. The lowest BCUT2D eigenvalue weighted by Gasteiger charge is -2.17. The number of hydrogen-bond acceptors (Lipinski definition) is 3. The maximum Gasteiger partial charge on any atom is 0.586 e. The number of thiol groups is 1. The lowest BCUT2D eigenvalue weighted by atomic mass is 10.0. The van der Waals surface area contributed by atoms with Gasteiger partial charge in [0.05, 0.1) is 0 Å². The Labute approximate surface area is 91.6 Å². The molecule has 0 amide bonds. The normalized spacial score (nSPS) is 17.9. The molecule has 1 aliphatic rings. The first-order valence-electron chi connectivity index (χ1n) is 4.41. The molecule has 0 bridgehead atoms. The van der Waals surface area contributed by atoms with E-state index in [1.165, 1.54) is 12.1 Å². The molecule has 0 radical (unpaired) electrons. The summed E-state index contributed by atoms with van der Waals surface area (Å²) in [7, 11) is 0. The minimum absolute atomic E-state index is 0.0552. The number of halogens is 2. The van der Waals surface area contributed by atoms with Crippen molar-refractivity contribution in [2.75, 3.05) is 0 Å². The van der Waals surface area contributed by atoms with Gasteiger partial charge < -0.3 is 9.47 Å². The van der Waals surface area contributed by atoms with Crippen molar-refractivity contribution in [3.8, 4) is 11.5 Å². The topological polar surface area (TPSA) is 18.5 Å². The fraction of sp³-hybridized carbons (Fsp3) is 0.400. The summed E-state index contributed by atoms with van der Waals surface area (Å²) in [5, 5.41) is 0. The Morgan fingerprint density at radius 2 is 1.80 bits per heavy atom. The summed E-state index contributed by atoms with van der Waals surface area (Å²) in [6.45, 7) is 3.73. The van der Waals surface area contributed by atoms with Crippen LogP contribution in [0.5, 0.6) is 11.5 Å². The lowest BCUT2D eigenvalue weighted by Crippen LogP contribution is -2.25. The zero-order valence-corrected chi connectivity index (χ0v) is 9.15. The van der Waals surface area contributed by atoms with E-state index in [-0.39, 0.29) is 11.5 Å². The van der Waals surface area contributed by atoms with Crippen molar-refractivity contribution in [3.63, 3.8) is 0 Å². The molecule has 0 spiro atoms. The molecule has 0 N–H and O–H groups in total. The third-order valence-corrected chi connectivity index (χ3v) is 2.37. The molecule has 1 aliphatic heterocycles. The van der Waals surface area contributed by atoms with Crippen LogP contribution in [0, 0.1) is 0 Å². The van der Waals surface area contributed by atoms with Crippen LogP contribution < -0.4 is 9.47 Å². The van der Waals surface area contributed by atoms with Gasteiger partial charge in [0.1, 0.15) is 0 Å². The molecule has 0 aliphatic carbocycles. The highest BCUT2D eigenvalue weighted by atomic mass is 32.1. The smallest absolute Gasteiger partial charge is 0.395 e. The molecule has 2 nitrogen and oxygen atoms in total. The van der Waals surface area contributed by atoms with Gasteiger partial charge in [-0.25, -0.2) is 0 Å². The van der Waals surface area contributed by atoms with Crippen LogP contribution in [0.4, 0.5) is 8.78 Å². The van der Waals surface area contributed by atoms with Crippen molar-refractivity contribution in [2.24, 2.45) is 0 Å². The van der Waals surface area contributed by atoms with Crippen LogP contribution in [0.15, 0.2) is 18.2 Å². The van der Waals surface area contributed by atoms with E-state index in [1.54, 1.807) is 6.07 Å². The molecule has 1 heterocycles. The van der Waals surface area contributed by atoms with Crippen molar-refractivity contribution in [3.05, 3.63) is 23.8 Å². The largest absolute Gasteiger partial charge is 0.586 e. The summed E-state index contributed by atoms with van der Waals surface area (Å²) in [4.78, 5) is 0. The molecule has 15 heavy (non-hydrogen) atoms. The number of fused-ring (bicyclic) bond motifs is 1. The Kier molecular flexibility index (Phi) is 2.12. The molecule has 0 atom stereocenters. The SMILES string of the molecule is CC(C)(S)c1ccc2c(c1)OC(F)(F)O2. The average molecular weight is 232 g/mol. The van der Waals surface area contributed by atoms with Crippen LogP contribution in [-0.2, 0) is 4.75 Å². The first kappa shape index (κ1) is 10.5. The third kappa shape index (κ3) is 2.02. The molecule has 0 saturated carbocycles. The minimum atomic E-state index is -3.55. The second-order valence-corrected chi connectivity index (χ2v) is 5.01. The van der Waals surface area contributed by atoms with Gasteiger partial charge in [-0.3, -0.25) is 0 Å². The lowest BCUT2D eigenvalue weighted by molar-refractivity contribution is -0.286. The predicted octanol–water partition coefficient (Wildman–Crippen LogP) is 3.17. The highest BCUT2D eigenvalue weighted by Gasteiger charge is 2.43. The molecule has 2 rings (SSSR count). The van der Waals surface area contributed by atoms with E-state index < -0.39 is 11.0 Å². The van der Waals surface area contributed by atoms with E-state index >= 15 is 0 Å². The maximum atomic E-state index is 12.7. The van der Waals surface area contributed by atoms with Crippen LogP contribution in [0.3, 0.4) is 0 Å². The fourth-order valence-corrected chi connectivity index (χ4v) is 1.47. The monoisotopic (exact) mass is 232 g/mol. The Morgan fingerprint density at radius 1 is 1.20 bits per heavy atom. The quantitative estimate of drug-likeness (QED) is 0.750. The van der Waals surface area contributed by atoms with Crippen molar-refractivity contribution >= 4 is 12.6 Å².